The fourth-order valence-electron chi connectivity index (χ4n) is 1.13. The van der Waals surface area contributed by atoms with Crippen molar-refractivity contribution in [3.8, 4) is 0 Å². The summed E-state index contributed by atoms with van der Waals surface area (Å²) in [7, 11) is 0. The standard InChI is InChI=1S/C12H28N2O3/c1-9(13)5-15-7-11(3)17-8-12(4)16-6-10(2)14/h9-12H,5-8,13-14H2,1-4H3. The monoisotopic (exact) mass is 248 g/mol. The van der Waals surface area contributed by atoms with Crippen molar-refractivity contribution < 1.29 is 14.2 Å². The van der Waals surface area contributed by atoms with Crippen LogP contribution in [0.5, 0.6) is 0 Å². The first-order chi connectivity index (χ1) is 7.91. The number of hydrogen-bond donors (Lipinski definition) is 2. The third-order valence-electron chi connectivity index (χ3n) is 1.99. The van der Waals surface area contributed by atoms with Crippen LogP contribution >= 0.6 is 0 Å². The molecule has 104 valence electrons. The molecule has 0 aromatic rings. The van der Waals surface area contributed by atoms with Crippen LogP contribution in [0.2, 0.25) is 0 Å². The second-order valence-electron chi connectivity index (χ2n) is 4.78. The van der Waals surface area contributed by atoms with Gasteiger partial charge < -0.3 is 25.7 Å². The van der Waals surface area contributed by atoms with Crippen LogP contribution in [0.1, 0.15) is 27.7 Å². The van der Waals surface area contributed by atoms with Gasteiger partial charge in [-0.15, -0.1) is 0 Å². The molecule has 0 aliphatic heterocycles. The smallest absolute Gasteiger partial charge is 0.0781 e. The SMILES string of the molecule is CC(N)COCC(C)OCC(C)OCC(C)N. The highest BCUT2D eigenvalue weighted by Gasteiger charge is 2.08. The molecule has 0 spiro atoms. The van der Waals surface area contributed by atoms with Crippen molar-refractivity contribution in [3.05, 3.63) is 0 Å². The summed E-state index contributed by atoms with van der Waals surface area (Å²) in [6.45, 7) is 9.99. The summed E-state index contributed by atoms with van der Waals surface area (Å²) in [5.74, 6) is 0. The molecule has 5 nitrogen and oxygen atoms in total. The van der Waals surface area contributed by atoms with E-state index >= 15 is 0 Å². The Balaban J connectivity index is 3.45. The zero-order valence-electron chi connectivity index (χ0n) is 11.5. The van der Waals surface area contributed by atoms with Gasteiger partial charge in [0.15, 0.2) is 0 Å². The summed E-state index contributed by atoms with van der Waals surface area (Å²) < 4.78 is 16.4. The lowest BCUT2D eigenvalue weighted by Crippen LogP contribution is -2.29. The van der Waals surface area contributed by atoms with Crippen molar-refractivity contribution in [3.63, 3.8) is 0 Å². The van der Waals surface area contributed by atoms with Crippen LogP contribution in [-0.2, 0) is 14.2 Å². The zero-order valence-corrected chi connectivity index (χ0v) is 11.5. The van der Waals surface area contributed by atoms with E-state index in [1.165, 1.54) is 0 Å². The molecule has 0 bridgehead atoms. The van der Waals surface area contributed by atoms with Crippen LogP contribution in [0, 0.1) is 0 Å². The van der Waals surface area contributed by atoms with E-state index in [0.29, 0.717) is 26.4 Å². The lowest BCUT2D eigenvalue weighted by molar-refractivity contribution is -0.0591. The fourth-order valence-corrected chi connectivity index (χ4v) is 1.13. The summed E-state index contributed by atoms with van der Waals surface area (Å²) in [5, 5.41) is 0. The molecule has 4 atom stereocenters. The largest absolute Gasteiger partial charge is 0.377 e. The lowest BCUT2D eigenvalue weighted by atomic mass is 10.3. The number of ether oxygens (including phenoxy) is 3. The normalized spacial score (nSPS) is 18.7. The van der Waals surface area contributed by atoms with E-state index in [4.69, 9.17) is 25.7 Å². The highest BCUT2D eigenvalue weighted by atomic mass is 16.6. The van der Waals surface area contributed by atoms with Crippen molar-refractivity contribution in [2.75, 3.05) is 26.4 Å². The Morgan fingerprint density at radius 1 is 0.706 bits per heavy atom. The van der Waals surface area contributed by atoms with Gasteiger partial charge in [-0.3, -0.25) is 0 Å². The second-order valence-corrected chi connectivity index (χ2v) is 4.78. The van der Waals surface area contributed by atoms with Gasteiger partial charge in [0.25, 0.3) is 0 Å². The third-order valence-corrected chi connectivity index (χ3v) is 1.99. The summed E-state index contributed by atoms with van der Waals surface area (Å²) in [6.07, 6.45) is 0.104. The molecule has 5 heteroatoms. The highest BCUT2D eigenvalue weighted by Crippen LogP contribution is 1.98. The average molecular weight is 248 g/mol. The first kappa shape index (κ1) is 16.8. The molecule has 0 aliphatic rings. The first-order valence-electron chi connectivity index (χ1n) is 6.24. The number of rotatable bonds is 10. The number of nitrogens with two attached hydrogens (primary N) is 2. The van der Waals surface area contributed by atoms with E-state index in [2.05, 4.69) is 0 Å². The molecule has 0 aromatic carbocycles. The Hall–Kier alpha value is -0.200. The minimum absolute atomic E-state index is 0.0510. The molecular weight excluding hydrogens is 220 g/mol. The van der Waals surface area contributed by atoms with E-state index < -0.39 is 0 Å². The van der Waals surface area contributed by atoms with Gasteiger partial charge in [0.2, 0.25) is 0 Å². The minimum atomic E-state index is 0.0510. The molecule has 0 saturated carbocycles. The highest BCUT2D eigenvalue weighted by molar-refractivity contribution is 4.56. The quantitative estimate of drug-likeness (QED) is 0.589. The van der Waals surface area contributed by atoms with Crippen LogP contribution in [-0.4, -0.2) is 50.7 Å². The molecule has 0 aliphatic carbocycles. The van der Waals surface area contributed by atoms with Gasteiger partial charge in [0.1, 0.15) is 0 Å². The predicted octanol–water partition coefficient (Wildman–Crippen LogP) is 0.508. The summed E-state index contributed by atoms with van der Waals surface area (Å²) >= 11 is 0. The molecule has 17 heavy (non-hydrogen) atoms. The summed E-state index contributed by atoms with van der Waals surface area (Å²) in [6, 6.07) is 0.125. The summed E-state index contributed by atoms with van der Waals surface area (Å²) in [4.78, 5) is 0. The van der Waals surface area contributed by atoms with Gasteiger partial charge in [-0.2, -0.15) is 0 Å². The topological polar surface area (TPSA) is 79.7 Å². The molecule has 0 saturated heterocycles. The molecular formula is C12H28N2O3. The Bertz CT molecular complexity index is 177. The Labute approximate surface area is 105 Å². The van der Waals surface area contributed by atoms with Crippen molar-refractivity contribution in [2.45, 2.75) is 52.0 Å². The fraction of sp³-hybridized carbons (Fsp3) is 1.00. The van der Waals surface area contributed by atoms with Crippen LogP contribution in [0.4, 0.5) is 0 Å². The van der Waals surface area contributed by atoms with Crippen molar-refractivity contribution in [2.24, 2.45) is 11.5 Å². The Morgan fingerprint density at radius 3 is 1.71 bits per heavy atom. The molecule has 0 heterocycles. The molecule has 0 fully saturated rings. The van der Waals surface area contributed by atoms with E-state index in [0.717, 1.165) is 0 Å². The van der Waals surface area contributed by atoms with Gasteiger partial charge in [-0.05, 0) is 27.7 Å². The summed E-state index contributed by atoms with van der Waals surface area (Å²) in [5.41, 5.74) is 11.2. The van der Waals surface area contributed by atoms with Gasteiger partial charge >= 0.3 is 0 Å². The Morgan fingerprint density at radius 2 is 1.18 bits per heavy atom. The van der Waals surface area contributed by atoms with Crippen LogP contribution in [0.3, 0.4) is 0 Å². The third kappa shape index (κ3) is 12.1. The van der Waals surface area contributed by atoms with E-state index in [-0.39, 0.29) is 24.3 Å². The number of hydrogen-bond acceptors (Lipinski definition) is 5. The zero-order chi connectivity index (χ0) is 13.3. The van der Waals surface area contributed by atoms with Crippen LogP contribution in [0.25, 0.3) is 0 Å². The minimum Gasteiger partial charge on any atom is -0.377 e. The molecule has 4 unspecified atom stereocenters. The van der Waals surface area contributed by atoms with Crippen molar-refractivity contribution >= 4 is 0 Å². The van der Waals surface area contributed by atoms with Crippen LogP contribution < -0.4 is 11.5 Å². The predicted molar refractivity (Wildman–Crippen MR) is 68.9 cm³/mol. The molecule has 4 N–H and O–H groups in total. The molecule has 0 rings (SSSR count). The lowest BCUT2D eigenvalue weighted by Gasteiger charge is -2.19. The van der Waals surface area contributed by atoms with E-state index in [1.807, 2.05) is 27.7 Å². The molecule has 0 radical (unpaired) electrons. The van der Waals surface area contributed by atoms with Crippen LogP contribution in [0.15, 0.2) is 0 Å². The Kier molecular flexibility index (Phi) is 9.68. The van der Waals surface area contributed by atoms with Crippen molar-refractivity contribution in [1.29, 1.82) is 0 Å². The molecule has 0 aromatic heterocycles. The average Bonchev–Trinajstić information content (AvgIpc) is 2.23. The van der Waals surface area contributed by atoms with Gasteiger partial charge in [0.05, 0.1) is 38.6 Å². The maximum Gasteiger partial charge on any atom is 0.0781 e. The van der Waals surface area contributed by atoms with E-state index in [9.17, 15) is 0 Å². The maximum atomic E-state index is 5.59. The van der Waals surface area contributed by atoms with E-state index in [1.54, 1.807) is 0 Å². The van der Waals surface area contributed by atoms with Crippen molar-refractivity contribution in [1.82, 2.24) is 0 Å². The first-order valence-corrected chi connectivity index (χ1v) is 6.24. The molecule has 0 amide bonds. The second kappa shape index (κ2) is 9.79. The van der Waals surface area contributed by atoms with Gasteiger partial charge in [-0.25, -0.2) is 0 Å². The van der Waals surface area contributed by atoms with Gasteiger partial charge in [0, 0.05) is 12.1 Å². The maximum absolute atomic E-state index is 5.59. The van der Waals surface area contributed by atoms with Gasteiger partial charge in [-0.1, -0.05) is 0 Å².